The summed E-state index contributed by atoms with van der Waals surface area (Å²) in [6, 6.07) is 8.57. The quantitative estimate of drug-likeness (QED) is 0.776. The van der Waals surface area contributed by atoms with Gasteiger partial charge in [-0.25, -0.2) is 0 Å². The molecule has 2 fully saturated rings. The van der Waals surface area contributed by atoms with Crippen molar-refractivity contribution in [1.82, 2.24) is 4.90 Å². The number of morpholine rings is 1. The Hall–Kier alpha value is -1.08. The molecule has 0 aromatic heterocycles. The monoisotopic (exact) mass is 346 g/mol. The maximum absolute atomic E-state index is 6.13. The van der Waals surface area contributed by atoms with Crippen LogP contribution in [0.1, 0.15) is 27.7 Å². The summed E-state index contributed by atoms with van der Waals surface area (Å²) in [5.41, 5.74) is 1.69. The predicted octanol–water partition coefficient (Wildman–Crippen LogP) is 1.75. The van der Waals surface area contributed by atoms with Crippen LogP contribution in [0, 0.1) is 0 Å². The largest absolute Gasteiger partial charge is 0.494 e. The average Bonchev–Trinajstić information content (AvgIpc) is 2.75. The third kappa shape index (κ3) is 4.03. The number of hydrogen-bond acceptors (Lipinski definition) is 5. The molecule has 138 valence electrons. The minimum absolute atomic E-state index is 0.256. The van der Waals surface area contributed by atoms with Crippen LogP contribution in [-0.4, -0.2) is 69.7 Å². The molecule has 3 rings (SSSR count). The van der Waals surface area contributed by atoms with Crippen LogP contribution in [0.2, 0.25) is 0 Å². The molecule has 1 atom stereocenters. The lowest BCUT2D eigenvalue weighted by molar-refractivity contribution is 0.00578. The van der Waals surface area contributed by atoms with E-state index in [1.54, 1.807) is 0 Å². The van der Waals surface area contributed by atoms with Crippen molar-refractivity contribution in [2.75, 3.05) is 45.2 Å². The van der Waals surface area contributed by atoms with Crippen LogP contribution in [-0.2, 0) is 14.0 Å². The number of benzene rings is 1. The van der Waals surface area contributed by atoms with Gasteiger partial charge in [0.1, 0.15) is 0 Å². The van der Waals surface area contributed by atoms with Gasteiger partial charge in [0, 0.05) is 25.3 Å². The van der Waals surface area contributed by atoms with Crippen LogP contribution in [0.15, 0.2) is 24.3 Å². The highest BCUT2D eigenvalue weighted by molar-refractivity contribution is 6.62. The molecule has 0 unspecified atom stereocenters. The van der Waals surface area contributed by atoms with E-state index in [0.717, 1.165) is 31.7 Å². The van der Waals surface area contributed by atoms with Gasteiger partial charge in [-0.3, -0.25) is 0 Å². The zero-order valence-electron chi connectivity index (χ0n) is 16.4. The van der Waals surface area contributed by atoms with Gasteiger partial charge in [-0.05, 0) is 59.4 Å². The number of likely N-dealkylation sites (N-methyl/N-ethyl adjacent to an activating group) is 1. The van der Waals surface area contributed by atoms with Crippen molar-refractivity contribution in [2.45, 2.75) is 45.0 Å². The van der Waals surface area contributed by atoms with E-state index >= 15 is 0 Å². The molecule has 25 heavy (non-hydrogen) atoms. The first kappa shape index (κ1) is 18.7. The fourth-order valence-electron chi connectivity index (χ4n) is 3.29. The van der Waals surface area contributed by atoms with Gasteiger partial charge in [-0.15, -0.1) is 0 Å². The van der Waals surface area contributed by atoms with Crippen molar-refractivity contribution < 1.29 is 14.0 Å². The highest BCUT2D eigenvalue weighted by Crippen LogP contribution is 2.36. The van der Waals surface area contributed by atoms with Gasteiger partial charge in [0.2, 0.25) is 0 Å². The summed E-state index contributed by atoms with van der Waals surface area (Å²) in [6.07, 6.45) is 0.256. The van der Waals surface area contributed by atoms with Crippen molar-refractivity contribution in [3.8, 4) is 0 Å². The van der Waals surface area contributed by atoms with Gasteiger partial charge in [0.15, 0.2) is 0 Å². The minimum Gasteiger partial charge on any atom is -0.399 e. The van der Waals surface area contributed by atoms with Crippen LogP contribution in [0.3, 0.4) is 0 Å². The lowest BCUT2D eigenvalue weighted by Crippen LogP contribution is -2.46. The van der Waals surface area contributed by atoms with E-state index in [4.69, 9.17) is 14.0 Å². The van der Waals surface area contributed by atoms with Gasteiger partial charge in [-0.1, -0.05) is 12.1 Å². The fourth-order valence-corrected chi connectivity index (χ4v) is 3.29. The maximum atomic E-state index is 6.13. The van der Waals surface area contributed by atoms with Gasteiger partial charge >= 0.3 is 7.12 Å². The maximum Gasteiger partial charge on any atom is 0.494 e. The van der Waals surface area contributed by atoms with E-state index in [0.29, 0.717) is 0 Å². The molecule has 0 aliphatic carbocycles. The van der Waals surface area contributed by atoms with Crippen molar-refractivity contribution in [3.05, 3.63) is 24.3 Å². The van der Waals surface area contributed by atoms with E-state index in [2.05, 4.69) is 75.9 Å². The predicted molar refractivity (Wildman–Crippen MR) is 103 cm³/mol. The zero-order chi connectivity index (χ0) is 18.2. The van der Waals surface area contributed by atoms with Gasteiger partial charge < -0.3 is 23.8 Å². The molecule has 6 heteroatoms. The summed E-state index contributed by atoms with van der Waals surface area (Å²) in [5, 5.41) is 0. The highest BCUT2D eigenvalue weighted by atomic mass is 16.7. The van der Waals surface area contributed by atoms with E-state index in [1.807, 2.05) is 0 Å². The van der Waals surface area contributed by atoms with Crippen LogP contribution >= 0.6 is 0 Å². The first-order valence-electron chi connectivity index (χ1n) is 9.15. The molecule has 5 nitrogen and oxygen atoms in total. The summed E-state index contributed by atoms with van der Waals surface area (Å²) < 4.78 is 18.1. The number of nitrogens with zero attached hydrogens (tertiary/aromatic N) is 2. The molecule has 0 bridgehead atoms. The number of rotatable bonds is 4. The Morgan fingerprint density at radius 3 is 2.24 bits per heavy atom. The second-order valence-corrected chi connectivity index (χ2v) is 8.38. The topological polar surface area (TPSA) is 34.2 Å². The fraction of sp³-hybridized carbons (Fsp3) is 0.684. The third-order valence-electron chi connectivity index (χ3n) is 5.49. The Bertz CT molecular complexity index is 573. The zero-order valence-corrected chi connectivity index (χ0v) is 16.4. The van der Waals surface area contributed by atoms with E-state index in [9.17, 15) is 0 Å². The minimum atomic E-state index is -0.306. The molecule has 0 saturated carbocycles. The molecule has 0 radical (unpaired) electrons. The van der Waals surface area contributed by atoms with Gasteiger partial charge in [-0.2, -0.15) is 0 Å². The molecule has 0 amide bonds. The Balaban J connectivity index is 1.67. The summed E-state index contributed by atoms with van der Waals surface area (Å²) in [4.78, 5) is 4.57. The van der Waals surface area contributed by atoms with Crippen molar-refractivity contribution >= 4 is 18.3 Å². The molecular formula is C19H31BN2O3. The first-order chi connectivity index (χ1) is 11.7. The summed E-state index contributed by atoms with van der Waals surface area (Å²) in [6.45, 7) is 11.9. The second-order valence-electron chi connectivity index (χ2n) is 8.38. The Labute approximate surface area is 152 Å². The molecule has 1 aromatic rings. The molecule has 2 aliphatic heterocycles. The SMILES string of the molecule is CN(C)C[C@H]1CN(c2ccc(B3OC(C)(C)C(C)(C)O3)cc2)CCO1. The van der Waals surface area contributed by atoms with Crippen molar-refractivity contribution in [1.29, 1.82) is 0 Å². The Kier molecular flexibility index (Phi) is 5.17. The summed E-state index contributed by atoms with van der Waals surface area (Å²) in [7, 11) is 3.87. The summed E-state index contributed by atoms with van der Waals surface area (Å²) in [5.74, 6) is 0. The smallest absolute Gasteiger partial charge is 0.399 e. The van der Waals surface area contributed by atoms with E-state index in [1.165, 1.54) is 5.69 Å². The number of ether oxygens (including phenoxy) is 1. The molecule has 2 aliphatic rings. The molecular weight excluding hydrogens is 315 g/mol. The van der Waals surface area contributed by atoms with Crippen LogP contribution < -0.4 is 10.4 Å². The first-order valence-corrected chi connectivity index (χ1v) is 9.15. The van der Waals surface area contributed by atoms with E-state index < -0.39 is 0 Å². The number of anilines is 1. The second kappa shape index (κ2) is 6.91. The Morgan fingerprint density at radius 2 is 1.68 bits per heavy atom. The summed E-state index contributed by atoms with van der Waals surface area (Å²) >= 11 is 0. The van der Waals surface area contributed by atoms with Gasteiger partial charge in [0.25, 0.3) is 0 Å². The molecule has 0 N–H and O–H groups in total. The number of hydrogen-bond donors (Lipinski definition) is 0. The standard InChI is InChI=1S/C19H31BN2O3/c1-18(2)19(3,4)25-20(24-18)15-7-9-16(10-8-15)22-11-12-23-17(14-22)13-21(5)6/h7-10,17H,11-14H2,1-6H3/t17-/m0/s1. The van der Waals surface area contributed by atoms with Gasteiger partial charge in [0.05, 0.1) is 23.9 Å². The highest BCUT2D eigenvalue weighted by Gasteiger charge is 2.51. The van der Waals surface area contributed by atoms with Crippen LogP contribution in [0.25, 0.3) is 0 Å². The average molecular weight is 346 g/mol. The molecule has 1 aromatic carbocycles. The normalized spacial score (nSPS) is 25.6. The third-order valence-corrected chi connectivity index (χ3v) is 5.49. The van der Waals surface area contributed by atoms with Crippen LogP contribution in [0.4, 0.5) is 5.69 Å². The molecule has 2 heterocycles. The lowest BCUT2D eigenvalue weighted by Gasteiger charge is -2.35. The van der Waals surface area contributed by atoms with Crippen molar-refractivity contribution in [2.24, 2.45) is 0 Å². The lowest BCUT2D eigenvalue weighted by atomic mass is 9.79. The van der Waals surface area contributed by atoms with Crippen LogP contribution in [0.5, 0.6) is 0 Å². The van der Waals surface area contributed by atoms with E-state index in [-0.39, 0.29) is 24.4 Å². The van der Waals surface area contributed by atoms with Crippen molar-refractivity contribution in [3.63, 3.8) is 0 Å². The Morgan fingerprint density at radius 1 is 1.08 bits per heavy atom. The molecule has 2 saturated heterocycles. The molecule has 0 spiro atoms.